The monoisotopic (exact) mass is 295 g/mol. The van der Waals surface area contributed by atoms with E-state index < -0.39 is 0 Å². The highest BCUT2D eigenvalue weighted by Gasteiger charge is 2.15. The van der Waals surface area contributed by atoms with Crippen molar-refractivity contribution >= 4 is 22.9 Å². The Hall–Kier alpha value is -0.970. The third kappa shape index (κ3) is 3.75. The number of hydrogen-bond donors (Lipinski definition) is 1. The Kier molecular flexibility index (Phi) is 4.23. The molecule has 0 saturated heterocycles. The number of hydrogen-bond acceptors (Lipinski definition) is 4. The maximum Gasteiger partial charge on any atom is 0.143 e. The minimum Gasteiger partial charge on any atom is -0.307 e. The van der Waals surface area contributed by atoms with Crippen LogP contribution in [0.2, 0.25) is 5.02 Å². The zero-order chi connectivity index (χ0) is 14.0. The normalized spacial score (nSPS) is 11.8. The predicted molar refractivity (Wildman–Crippen MR) is 81.7 cm³/mol. The fourth-order valence-electron chi connectivity index (χ4n) is 1.58. The van der Waals surface area contributed by atoms with Gasteiger partial charge in [-0.05, 0) is 39.8 Å². The Morgan fingerprint density at radius 2 is 2.11 bits per heavy atom. The Labute approximate surface area is 123 Å². The van der Waals surface area contributed by atoms with Crippen molar-refractivity contribution in [2.45, 2.75) is 39.8 Å². The van der Waals surface area contributed by atoms with Crippen LogP contribution in [0.15, 0.2) is 18.3 Å². The first-order valence-corrected chi connectivity index (χ1v) is 7.38. The lowest BCUT2D eigenvalue weighted by Crippen LogP contribution is -2.34. The number of aromatic nitrogens is 2. The van der Waals surface area contributed by atoms with Gasteiger partial charge < -0.3 is 5.32 Å². The van der Waals surface area contributed by atoms with Crippen LogP contribution in [0.5, 0.6) is 0 Å². The van der Waals surface area contributed by atoms with Crippen LogP contribution < -0.4 is 5.32 Å². The predicted octanol–water partition coefficient (Wildman–Crippen LogP) is 4.06. The number of rotatable bonds is 3. The Bertz CT molecular complexity index is 572. The van der Waals surface area contributed by atoms with Crippen molar-refractivity contribution in [3.63, 3.8) is 0 Å². The van der Waals surface area contributed by atoms with Gasteiger partial charge in [0.25, 0.3) is 0 Å². The second-order valence-electron chi connectivity index (χ2n) is 5.46. The minimum atomic E-state index is 0.0965. The molecule has 0 radical (unpaired) electrons. The molecule has 1 N–H and O–H groups in total. The standard InChI is InChI=1S/C14H18ClN3S/c1-9-11(8-17-14(2,3)4)19-13(18-9)12-10(15)6-5-7-16-12/h5-7,17H,8H2,1-4H3. The molecule has 5 heteroatoms. The van der Waals surface area contributed by atoms with E-state index in [1.54, 1.807) is 17.5 Å². The maximum absolute atomic E-state index is 6.16. The quantitative estimate of drug-likeness (QED) is 0.928. The lowest BCUT2D eigenvalue weighted by atomic mass is 10.1. The molecular formula is C14H18ClN3S. The first-order chi connectivity index (χ1) is 8.87. The van der Waals surface area contributed by atoms with Crippen LogP contribution in [0, 0.1) is 6.92 Å². The molecule has 0 atom stereocenters. The average Bonchev–Trinajstić information content (AvgIpc) is 2.68. The van der Waals surface area contributed by atoms with Gasteiger partial charge in [-0.2, -0.15) is 0 Å². The third-order valence-corrected chi connectivity index (χ3v) is 4.10. The van der Waals surface area contributed by atoms with Gasteiger partial charge >= 0.3 is 0 Å². The summed E-state index contributed by atoms with van der Waals surface area (Å²) in [6.07, 6.45) is 1.74. The summed E-state index contributed by atoms with van der Waals surface area (Å²) in [5, 5.41) is 5.00. The van der Waals surface area contributed by atoms with Gasteiger partial charge in [0.15, 0.2) is 0 Å². The van der Waals surface area contributed by atoms with Gasteiger partial charge in [0, 0.05) is 23.2 Å². The molecule has 2 aromatic heterocycles. The van der Waals surface area contributed by atoms with Crippen molar-refractivity contribution < 1.29 is 0 Å². The summed E-state index contributed by atoms with van der Waals surface area (Å²) in [7, 11) is 0. The van der Waals surface area contributed by atoms with E-state index in [1.807, 2.05) is 19.1 Å². The summed E-state index contributed by atoms with van der Waals surface area (Å²) in [6.45, 7) is 9.30. The van der Waals surface area contributed by atoms with Crippen molar-refractivity contribution in [1.82, 2.24) is 15.3 Å². The SMILES string of the molecule is Cc1nc(-c2ncccc2Cl)sc1CNC(C)(C)C. The fraction of sp³-hybridized carbons (Fsp3) is 0.429. The molecule has 0 aliphatic rings. The fourth-order valence-corrected chi connectivity index (χ4v) is 2.86. The van der Waals surface area contributed by atoms with Crippen LogP contribution >= 0.6 is 22.9 Å². The van der Waals surface area contributed by atoms with Gasteiger partial charge in [-0.25, -0.2) is 4.98 Å². The average molecular weight is 296 g/mol. The van der Waals surface area contributed by atoms with E-state index in [1.165, 1.54) is 4.88 Å². The first kappa shape index (κ1) is 14.4. The molecule has 0 aliphatic heterocycles. The zero-order valence-corrected chi connectivity index (χ0v) is 13.2. The second-order valence-corrected chi connectivity index (χ2v) is 6.96. The van der Waals surface area contributed by atoms with E-state index in [-0.39, 0.29) is 5.54 Å². The molecule has 2 heterocycles. The van der Waals surface area contributed by atoms with E-state index in [4.69, 9.17) is 11.6 Å². The van der Waals surface area contributed by atoms with Gasteiger partial charge in [-0.15, -0.1) is 11.3 Å². The molecule has 19 heavy (non-hydrogen) atoms. The van der Waals surface area contributed by atoms with Gasteiger partial charge in [0.1, 0.15) is 10.7 Å². The summed E-state index contributed by atoms with van der Waals surface area (Å²) < 4.78 is 0. The van der Waals surface area contributed by atoms with E-state index in [0.717, 1.165) is 22.9 Å². The molecule has 0 amide bonds. The number of thiazole rings is 1. The maximum atomic E-state index is 6.16. The summed E-state index contributed by atoms with van der Waals surface area (Å²) in [5.74, 6) is 0. The topological polar surface area (TPSA) is 37.8 Å². The van der Waals surface area contributed by atoms with Crippen molar-refractivity contribution in [2.75, 3.05) is 0 Å². The summed E-state index contributed by atoms with van der Waals surface area (Å²) in [6, 6.07) is 3.67. The van der Waals surface area contributed by atoms with E-state index in [2.05, 4.69) is 36.1 Å². The lowest BCUT2D eigenvalue weighted by Gasteiger charge is -2.19. The van der Waals surface area contributed by atoms with E-state index in [0.29, 0.717) is 5.02 Å². The first-order valence-electron chi connectivity index (χ1n) is 6.19. The van der Waals surface area contributed by atoms with Gasteiger partial charge in [-0.1, -0.05) is 11.6 Å². The van der Waals surface area contributed by atoms with Gasteiger partial charge in [0.05, 0.1) is 10.7 Å². The molecule has 0 aromatic carbocycles. The smallest absolute Gasteiger partial charge is 0.143 e. The molecule has 0 aliphatic carbocycles. The number of nitrogens with one attached hydrogen (secondary N) is 1. The van der Waals surface area contributed by atoms with Crippen LogP contribution in [0.3, 0.4) is 0 Å². The number of pyridine rings is 1. The van der Waals surface area contributed by atoms with Gasteiger partial charge in [0.2, 0.25) is 0 Å². The number of aryl methyl sites for hydroxylation is 1. The number of halogens is 1. The summed E-state index contributed by atoms with van der Waals surface area (Å²) >= 11 is 7.81. The van der Waals surface area contributed by atoms with Crippen LogP contribution in [0.1, 0.15) is 31.3 Å². The lowest BCUT2D eigenvalue weighted by molar-refractivity contribution is 0.425. The van der Waals surface area contributed by atoms with Gasteiger partial charge in [-0.3, -0.25) is 4.98 Å². The van der Waals surface area contributed by atoms with Crippen LogP contribution in [0.4, 0.5) is 0 Å². The highest BCUT2D eigenvalue weighted by molar-refractivity contribution is 7.15. The van der Waals surface area contributed by atoms with Crippen LogP contribution in [-0.2, 0) is 6.54 Å². The van der Waals surface area contributed by atoms with E-state index in [9.17, 15) is 0 Å². The van der Waals surface area contributed by atoms with Crippen molar-refractivity contribution in [3.05, 3.63) is 33.9 Å². The number of nitrogens with zero attached hydrogens (tertiary/aromatic N) is 2. The van der Waals surface area contributed by atoms with E-state index >= 15 is 0 Å². The molecule has 0 saturated carbocycles. The molecule has 2 aromatic rings. The molecule has 2 rings (SSSR count). The Balaban J connectivity index is 2.24. The Morgan fingerprint density at radius 1 is 1.37 bits per heavy atom. The second kappa shape index (κ2) is 5.57. The molecule has 0 spiro atoms. The zero-order valence-electron chi connectivity index (χ0n) is 11.6. The molecule has 0 bridgehead atoms. The van der Waals surface area contributed by atoms with Crippen LogP contribution in [0.25, 0.3) is 10.7 Å². The molecule has 102 valence electrons. The minimum absolute atomic E-state index is 0.0965. The summed E-state index contributed by atoms with van der Waals surface area (Å²) in [4.78, 5) is 10.1. The van der Waals surface area contributed by atoms with Crippen molar-refractivity contribution in [3.8, 4) is 10.7 Å². The third-order valence-electron chi connectivity index (χ3n) is 2.63. The van der Waals surface area contributed by atoms with Crippen molar-refractivity contribution in [1.29, 1.82) is 0 Å². The van der Waals surface area contributed by atoms with Crippen LogP contribution in [-0.4, -0.2) is 15.5 Å². The summed E-state index contributed by atoms with van der Waals surface area (Å²) in [5.41, 5.74) is 1.90. The largest absolute Gasteiger partial charge is 0.307 e. The molecule has 3 nitrogen and oxygen atoms in total. The van der Waals surface area contributed by atoms with Crippen molar-refractivity contribution in [2.24, 2.45) is 0 Å². The molecule has 0 unspecified atom stereocenters. The Morgan fingerprint density at radius 3 is 2.74 bits per heavy atom. The highest BCUT2D eigenvalue weighted by Crippen LogP contribution is 2.31. The molecule has 0 fully saturated rings. The highest BCUT2D eigenvalue weighted by atomic mass is 35.5. The molecular weight excluding hydrogens is 278 g/mol.